The normalized spacial score (nSPS) is 19.5. The van der Waals surface area contributed by atoms with E-state index in [4.69, 9.17) is 12.2 Å². The van der Waals surface area contributed by atoms with Crippen molar-refractivity contribution in [2.45, 2.75) is 37.8 Å². The first-order chi connectivity index (χ1) is 11.1. The Labute approximate surface area is 137 Å². The number of fused-ring (bicyclic) bond motifs is 3. The Morgan fingerprint density at radius 1 is 1.39 bits per heavy atom. The van der Waals surface area contributed by atoms with Crippen LogP contribution in [0.2, 0.25) is 0 Å². The van der Waals surface area contributed by atoms with Crippen LogP contribution in [0.5, 0.6) is 0 Å². The van der Waals surface area contributed by atoms with E-state index < -0.39 is 6.04 Å². The van der Waals surface area contributed by atoms with Gasteiger partial charge in [0.25, 0.3) is 5.91 Å². The van der Waals surface area contributed by atoms with Gasteiger partial charge < -0.3 is 10.6 Å². The fourth-order valence-corrected chi connectivity index (χ4v) is 3.15. The van der Waals surface area contributed by atoms with Crippen LogP contribution in [0.4, 0.5) is 5.82 Å². The second-order valence-electron chi connectivity index (χ2n) is 6.01. The molecule has 1 aliphatic carbocycles. The first-order valence-electron chi connectivity index (χ1n) is 7.75. The third kappa shape index (κ3) is 2.61. The van der Waals surface area contributed by atoms with Gasteiger partial charge in [-0.3, -0.25) is 9.59 Å². The summed E-state index contributed by atoms with van der Waals surface area (Å²) < 4.78 is 1.70. The van der Waals surface area contributed by atoms with Crippen molar-refractivity contribution in [2.24, 2.45) is 0 Å². The van der Waals surface area contributed by atoms with Crippen molar-refractivity contribution in [1.29, 1.82) is 0 Å². The third-order valence-corrected chi connectivity index (χ3v) is 4.50. The molecule has 2 N–H and O–H groups in total. The van der Waals surface area contributed by atoms with Crippen molar-refractivity contribution in [3.05, 3.63) is 29.0 Å². The van der Waals surface area contributed by atoms with Crippen LogP contribution in [0.3, 0.4) is 0 Å². The molecule has 0 radical (unpaired) electrons. The molecule has 1 amide bonds. The van der Waals surface area contributed by atoms with Gasteiger partial charge in [0.1, 0.15) is 11.9 Å². The Hall–Kier alpha value is -2.28. The van der Waals surface area contributed by atoms with Crippen molar-refractivity contribution >= 4 is 40.8 Å². The molecule has 118 valence electrons. The third-order valence-electron chi connectivity index (χ3n) is 4.22. The quantitative estimate of drug-likeness (QED) is 0.842. The summed E-state index contributed by atoms with van der Waals surface area (Å²) in [5, 5.41) is 7.02. The minimum Gasteiger partial charge on any atom is -0.359 e. The molecule has 2 aliphatic rings. The first kappa shape index (κ1) is 14.3. The lowest BCUT2D eigenvalue weighted by molar-refractivity contribution is -0.121. The highest BCUT2D eigenvalue weighted by Gasteiger charge is 2.32. The molecule has 1 unspecified atom stereocenters. The van der Waals surface area contributed by atoms with Crippen molar-refractivity contribution in [1.82, 2.24) is 14.9 Å². The molecule has 2 heterocycles. The molecule has 1 fully saturated rings. The Morgan fingerprint density at radius 3 is 2.96 bits per heavy atom. The molecule has 0 spiro atoms. The first-order valence-corrected chi connectivity index (χ1v) is 8.16. The largest absolute Gasteiger partial charge is 0.359 e. The number of nitrogens with zero attached hydrogens (tertiary/aromatic N) is 2. The summed E-state index contributed by atoms with van der Waals surface area (Å²) >= 11 is 5.25. The Morgan fingerprint density at radius 2 is 2.17 bits per heavy atom. The summed E-state index contributed by atoms with van der Waals surface area (Å²) in [7, 11) is 0. The predicted molar refractivity (Wildman–Crippen MR) is 89.0 cm³/mol. The number of aromatic nitrogens is 2. The maximum atomic E-state index is 12.6. The molecule has 1 atom stereocenters. The van der Waals surface area contributed by atoms with Crippen LogP contribution in [-0.2, 0) is 4.79 Å². The maximum Gasteiger partial charge on any atom is 0.257 e. The van der Waals surface area contributed by atoms with Gasteiger partial charge in [0.05, 0.1) is 5.52 Å². The highest BCUT2D eigenvalue weighted by molar-refractivity contribution is 7.71. The second-order valence-corrected chi connectivity index (χ2v) is 6.38. The molecule has 1 aliphatic heterocycles. The predicted octanol–water partition coefficient (Wildman–Crippen LogP) is 2.26. The van der Waals surface area contributed by atoms with Gasteiger partial charge in [-0.2, -0.15) is 0 Å². The van der Waals surface area contributed by atoms with Gasteiger partial charge >= 0.3 is 0 Å². The number of anilines is 1. The Balaban J connectivity index is 1.57. The van der Waals surface area contributed by atoms with E-state index in [2.05, 4.69) is 15.6 Å². The lowest BCUT2D eigenvalue weighted by Gasteiger charge is -2.08. The SMILES string of the molecule is O=C(CCC1Nc2c3ccccc3nc(=S)n2C1=O)NC1CC1. The highest BCUT2D eigenvalue weighted by atomic mass is 32.1. The molecule has 7 heteroatoms. The number of carbonyl (C=O) groups excluding carboxylic acids is 2. The number of para-hydroxylation sites is 1. The zero-order chi connectivity index (χ0) is 16.0. The van der Waals surface area contributed by atoms with E-state index in [1.54, 1.807) is 0 Å². The van der Waals surface area contributed by atoms with Gasteiger partial charge in [-0.1, -0.05) is 12.1 Å². The summed E-state index contributed by atoms with van der Waals surface area (Å²) in [6, 6.07) is 7.47. The summed E-state index contributed by atoms with van der Waals surface area (Å²) in [5.41, 5.74) is 0.760. The molecule has 4 rings (SSSR count). The summed E-state index contributed by atoms with van der Waals surface area (Å²) in [5.74, 6) is 0.547. The molecule has 6 nitrogen and oxygen atoms in total. The molecule has 0 saturated heterocycles. The van der Waals surface area contributed by atoms with E-state index in [0.717, 1.165) is 23.7 Å². The summed E-state index contributed by atoms with van der Waals surface area (Å²) in [6.07, 6.45) is 2.89. The molecule has 23 heavy (non-hydrogen) atoms. The van der Waals surface area contributed by atoms with Crippen LogP contribution in [-0.4, -0.2) is 33.4 Å². The number of benzene rings is 1. The highest BCUT2D eigenvalue weighted by Crippen LogP contribution is 2.29. The number of amides is 1. The van der Waals surface area contributed by atoms with Gasteiger partial charge in [0, 0.05) is 17.8 Å². The van der Waals surface area contributed by atoms with Crippen LogP contribution in [0.1, 0.15) is 30.5 Å². The average Bonchev–Trinajstić information content (AvgIpc) is 3.27. The summed E-state index contributed by atoms with van der Waals surface area (Å²) in [6.45, 7) is 0. The molecule has 2 aromatic rings. The lowest BCUT2D eigenvalue weighted by Crippen LogP contribution is -2.30. The molecule has 1 saturated carbocycles. The standard InChI is InChI=1S/C16H16N4O2S/c21-13(17-9-5-6-9)8-7-12-15(22)20-14(18-12)10-3-1-2-4-11(10)19-16(20)23/h1-4,9,12,18H,5-8H2,(H,17,21). The van der Waals surface area contributed by atoms with Gasteiger partial charge in [0.2, 0.25) is 10.7 Å². The lowest BCUT2D eigenvalue weighted by atomic mass is 10.1. The minimum absolute atomic E-state index is 0.00429. The minimum atomic E-state index is -0.436. The summed E-state index contributed by atoms with van der Waals surface area (Å²) in [4.78, 5) is 28.7. The van der Waals surface area contributed by atoms with E-state index in [1.807, 2.05) is 24.3 Å². The Bertz CT molecular complexity index is 872. The fourth-order valence-electron chi connectivity index (χ4n) is 2.87. The van der Waals surface area contributed by atoms with Gasteiger partial charge in [0.15, 0.2) is 0 Å². The fraction of sp³-hybridized carbons (Fsp3) is 0.375. The van der Waals surface area contributed by atoms with Crippen molar-refractivity contribution in [3.63, 3.8) is 0 Å². The van der Waals surface area contributed by atoms with E-state index >= 15 is 0 Å². The zero-order valence-electron chi connectivity index (χ0n) is 12.4. The van der Waals surface area contributed by atoms with Crippen LogP contribution >= 0.6 is 12.2 Å². The number of hydrogen-bond donors (Lipinski definition) is 2. The number of hydrogen-bond acceptors (Lipinski definition) is 5. The van der Waals surface area contributed by atoms with Crippen molar-refractivity contribution < 1.29 is 9.59 Å². The average molecular weight is 328 g/mol. The van der Waals surface area contributed by atoms with Crippen LogP contribution in [0.15, 0.2) is 24.3 Å². The van der Waals surface area contributed by atoms with Crippen LogP contribution in [0, 0.1) is 4.77 Å². The molecule has 1 aromatic heterocycles. The van der Waals surface area contributed by atoms with E-state index in [0.29, 0.717) is 24.7 Å². The number of rotatable bonds is 4. The second kappa shape index (κ2) is 5.42. The van der Waals surface area contributed by atoms with Gasteiger partial charge in [-0.15, -0.1) is 0 Å². The topological polar surface area (TPSA) is 76.0 Å². The van der Waals surface area contributed by atoms with Crippen molar-refractivity contribution in [2.75, 3.05) is 5.32 Å². The molecule has 1 aromatic carbocycles. The van der Waals surface area contributed by atoms with E-state index in [-0.39, 0.29) is 16.6 Å². The maximum absolute atomic E-state index is 12.6. The molecular formula is C16H16N4O2S. The van der Waals surface area contributed by atoms with Crippen LogP contribution < -0.4 is 10.6 Å². The number of carbonyl (C=O) groups is 2. The smallest absolute Gasteiger partial charge is 0.257 e. The monoisotopic (exact) mass is 328 g/mol. The Kier molecular flexibility index (Phi) is 3.37. The number of nitrogens with one attached hydrogen (secondary N) is 2. The van der Waals surface area contributed by atoms with E-state index in [1.165, 1.54) is 4.57 Å². The van der Waals surface area contributed by atoms with Gasteiger partial charge in [-0.25, -0.2) is 9.55 Å². The van der Waals surface area contributed by atoms with E-state index in [9.17, 15) is 9.59 Å². The zero-order valence-corrected chi connectivity index (χ0v) is 13.2. The molecular weight excluding hydrogens is 312 g/mol. The van der Waals surface area contributed by atoms with Crippen molar-refractivity contribution in [3.8, 4) is 0 Å². The van der Waals surface area contributed by atoms with Crippen LogP contribution in [0.25, 0.3) is 10.9 Å². The van der Waals surface area contributed by atoms with Gasteiger partial charge in [-0.05, 0) is 43.6 Å². The molecule has 0 bridgehead atoms.